The van der Waals surface area contributed by atoms with Gasteiger partial charge in [-0.1, -0.05) is 24.6 Å². The largest absolute Gasteiger partial charge is 0.335 e. The summed E-state index contributed by atoms with van der Waals surface area (Å²) in [6.07, 6.45) is 10.4. The molecule has 0 atom stereocenters. The first-order valence-corrected chi connectivity index (χ1v) is 11.0. The van der Waals surface area contributed by atoms with E-state index in [1.807, 2.05) is 0 Å². The van der Waals surface area contributed by atoms with E-state index in [1.54, 1.807) is 17.7 Å². The molecule has 0 bridgehead atoms. The quantitative estimate of drug-likeness (QED) is 0.617. The lowest BCUT2D eigenvalue weighted by molar-refractivity contribution is -0.117. The lowest BCUT2D eigenvalue weighted by Crippen LogP contribution is -2.44. The third-order valence-corrected chi connectivity index (χ3v) is 7.19. The van der Waals surface area contributed by atoms with Gasteiger partial charge in [0.25, 0.3) is 0 Å². The second-order valence-corrected chi connectivity index (χ2v) is 8.91. The lowest BCUT2D eigenvalue weighted by Gasteiger charge is -2.12. The van der Waals surface area contributed by atoms with Crippen LogP contribution in [0.4, 0.5) is 4.79 Å². The van der Waals surface area contributed by atoms with E-state index in [1.165, 1.54) is 35.0 Å². The second-order valence-electron chi connectivity index (χ2n) is 6.86. The molecule has 2 heterocycles. The molecular weight excluding hydrogens is 368 g/mol. The van der Waals surface area contributed by atoms with E-state index in [2.05, 4.69) is 20.6 Å². The van der Waals surface area contributed by atoms with E-state index in [4.69, 9.17) is 0 Å². The highest BCUT2D eigenvalue weighted by Crippen LogP contribution is 2.39. The lowest BCUT2D eigenvalue weighted by atomic mass is 9.97. The SMILES string of the molecule is O=C(CSc1ncnc2sc3c(c12)CCCC3)NC(=O)NC1CCCC1. The van der Waals surface area contributed by atoms with E-state index in [-0.39, 0.29) is 23.7 Å². The molecule has 4 rings (SSSR count). The van der Waals surface area contributed by atoms with Crippen molar-refractivity contribution < 1.29 is 9.59 Å². The van der Waals surface area contributed by atoms with Gasteiger partial charge in [-0.2, -0.15) is 0 Å². The number of thioether (sulfide) groups is 1. The van der Waals surface area contributed by atoms with Gasteiger partial charge in [-0.25, -0.2) is 14.8 Å². The summed E-state index contributed by atoms with van der Waals surface area (Å²) in [7, 11) is 0. The van der Waals surface area contributed by atoms with Gasteiger partial charge in [0, 0.05) is 16.3 Å². The number of aromatic nitrogens is 2. The smallest absolute Gasteiger partial charge is 0.321 e. The predicted octanol–water partition coefficient (Wildman–Crippen LogP) is 3.43. The van der Waals surface area contributed by atoms with Crippen LogP contribution in [0.1, 0.15) is 49.0 Å². The normalized spacial score (nSPS) is 17.2. The molecule has 1 fully saturated rings. The Morgan fingerprint density at radius 2 is 1.96 bits per heavy atom. The van der Waals surface area contributed by atoms with Gasteiger partial charge in [0.1, 0.15) is 16.2 Å². The third-order valence-electron chi connectivity index (χ3n) is 5.00. The number of amides is 3. The zero-order chi connectivity index (χ0) is 17.9. The van der Waals surface area contributed by atoms with Crippen LogP contribution in [0.25, 0.3) is 10.2 Å². The van der Waals surface area contributed by atoms with Gasteiger partial charge in [0.15, 0.2) is 0 Å². The molecule has 8 heteroatoms. The summed E-state index contributed by atoms with van der Waals surface area (Å²) >= 11 is 3.13. The molecular formula is C18H22N4O2S2. The first-order chi connectivity index (χ1) is 12.7. The summed E-state index contributed by atoms with van der Waals surface area (Å²) in [5.74, 6) is -0.115. The number of urea groups is 1. The molecule has 6 nitrogen and oxygen atoms in total. The van der Waals surface area contributed by atoms with Crippen molar-refractivity contribution in [3.63, 3.8) is 0 Å². The standard InChI is InChI=1S/C18H22N4O2S2/c23-14(22-18(24)21-11-5-1-2-6-11)9-25-16-15-12-7-3-4-8-13(12)26-17(15)20-10-19-16/h10-11H,1-9H2,(H2,21,22,23,24). The Morgan fingerprint density at radius 1 is 1.15 bits per heavy atom. The van der Waals surface area contributed by atoms with Gasteiger partial charge in [-0.15, -0.1) is 11.3 Å². The zero-order valence-corrected chi connectivity index (χ0v) is 16.2. The Labute approximate surface area is 160 Å². The Kier molecular flexibility index (Phi) is 5.40. The minimum absolute atomic E-state index is 0.175. The van der Waals surface area contributed by atoms with Gasteiger partial charge in [0.2, 0.25) is 5.91 Å². The molecule has 2 aliphatic carbocycles. The van der Waals surface area contributed by atoms with Gasteiger partial charge >= 0.3 is 6.03 Å². The van der Waals surface area contributed by atoms with Crippen LogP contribution in [0, 0.1) is 0 Å². The predicted molar refractivity (Wildman–Crippen MR) is 104 cm³/mol. The van der Waals surface area contributed by atoms with E-state index in [0.717, 1.165) is 53.8 Å². The van der Waals surface area contributed by atoms with Crippen molar-refractivity contribution in [2.24, 2.45) is 0 Å². The van der Waals surface area contributed by atoms with Crippen molar-refractivity contribution >= 4 is 45.3 Å². The van der Waals surface area contributed by atoms with Crippen molar-refractivity contribution in [3.05, 3.63) is 16.8 Å². The Balaban J connectivity index is 1.39. The second kappa shape index (κ2) is 7.92. The van der Waals surface area contributed by atoms with Gasteiger partial charge in [-0.05, 0) is 44.1 Å². The van der Waals surface area contributed by atoms with E-state index in [9.17, 15) is 9.59 Å². The summed E-state index contributed by atoms with van der Waals surface area (Å²) in [6, 6.07) is -0.183. The monoisotopic (exact) mass is 390 g/mol. The first-order valence-electron chi connectivity index (χ1n) is 9.19. The van der Waals surface area contributed by atoms with Crippen LogP contribution in [0.5, 0.6) is 0 Å². The molecule has 0 aliphatic heterocycles. The fourth-order valence-corrected chi connectivity index (χ4v) is 5.88. The Bertz CT molecular complexity index is 830. The number of hydrogen-bond acceptors (Lipinski definition) is 6. The molecule has 2 N–H and O–H groups in total. The Hall–Kier alpha value is -1.67. The summed E-state index contributed by atoms with van der Waals surface area (Å²) in [5, 5.41) is 7.26. The molecule has 2 aliphatic rings. The molecule has 0 unspecified atom stereocenters. The van der Waals surface area contributed by atoms with Crippen LogP contribution in [0.3, 0.4) is 0 Å². The van der Waals surface area contributed by atoms with Crippen molar-refractivity contribution in [2.75, 3.05) is 5.75 Å². The van der Waals surface area contributed by atoms with Crippen LogP contribution in [-0.2, 0) is 17.6 Å². The van der Waals surface area contributed by atoms with Crippen molar-refractivity contribution in [3.8, 4) is 0 Å². The van der Waals surface area contributed by atoms with Gasteiger partial charge < -0.3 is 5.32 Å². The fraction of sp³-hybridized carbons (Fsp3) is 0.556. The molecule has 26 heavy (non-hydrogen) atoms. The van der Waals surface area contributed by atoms with Crippen molar-refractivity contribution in [1.29, 1.82) is 0 Å². The fourth-order valence-electron chi connectivity index (χ4n) is 3.76. The summed E-state index contributed by atoms with van der Waals surface area (Å²) in [5.41, 5.74) is 1.36. The van der Waals surface area contributed by atoms with E-state index < -0.39 is 0 Å². The highest BCUT2D eigenvalue weighted by Gasteiger charge is 2.21. The summed E-state index contributed by atoms with van der Waals surface area (Å²) in [6.45, 7) is 0. The minimum Gasteiger partial charge on any atom is -0.335 e. The number of nitrogens with one attached hydrogen (secondary N) is 2. The highest BCUT2D eigenvalue weighted by atomic mass is 32.2. The molecule has 2 aromatic rings. The summed E-state index contributed by atoms with van der Waals surface area (Å²) < 4.78 is 0. The number of hydrogen-bond donors (Lipinski definition) is 2. The zero-order valence-electron chi connectivity index (χ0n) is 14.5. The van der Waals surface area contributed by atoms with Crippen molar-refractivity contribution in [1.82, 2.24) is 20.6 Å². The number of imide groups is 1. The maximum Gasteiger partial charge on any atom is 0.321 e. The van der Waals surface area contributed by atoms with Gasteiger partial charge in [0.05, 0.1) is 5.75 Å². The van der Waals surface area contributed by atoms with E-state index >= 15 is 0 Å². The average molecular weight is 391 g/mol. The summed E-state index contributed by atoms with van der Waals surface area (Å²) in [4.78, 5) is 35.3. The average Bonchev–Trinajstić information content (AvgIpc) is 3.27. The number of carbonyl (C=O) groups is 2. The molecule has 3 amide bonds. The molecule has 1 saturated carbocycles. The topological polar surface area (TPSA) is 84.0 Å². The highest BCUT2D eigenvalue weighted by molar-refractivity contribution is 8.00. The van der Waals surface area contributed by atoms with E-state index in [0.29, 0.717) is 0 Å². The molecule has 2 aromatic heterocycles. The van der Waals surface area contributed by atoms with Crippen LogP contribution in [0.2, 0.25) is 0 Å². The molecule has 0 saturated heterocycles. The number of aryl methyl sites for hydroxylation is 2. The van der Waals surface area contributed by atoms with Crippen LogP contribution in [0.15, 0.2) is 11.4 Å². The molecule has 0 aromatic carbocycles. The Morgan fingerprint density at radius 3 is 2.81 bits per heavy atom. The van der Waals surface area contributed by atoms with Crippen LogP contribution in [-0.4, -0.2) is 33.7 Å². The number of thiophene rings is 1. The molecule has 0 spiro atoms. The van der Waals surface area contributed by atoms with Crippen LogP contribution < -0.4 is 10.6 Å². The molecule has 0 radical (unpaired) electrons. The van der Waals surface area contributed by atoms with Crippen molar-refractivity contribution in [2.45, 2.75) is 62.4 Å². The number of nitrogens with zero attached hydrogens (tertiary/aromatic N) is 2. The van der Waals surface area contributed by atoms with Gasteiger partial charge in [-0.3, -0.25) is 10.1 Å². The number of carbonyl (C=O) groups excluding carboxylic acids is 2. The van der Waals surface area contributed by atoms with Crippen LogP contribution >= 0.6 is 23.1 Å². The minimum atomic E-state index is -0.386. The maximum atomic E-state index is 12.1. The maximum absolute atomic E-state index is 12.1. The number of rotatable bonds is 4. The molecule has 138 valence electrons. The number of fused-ring (bicyclic) bond motifs is 3. The first kappa shape index (κ1) is 17.7. The third kappa shape index (κ3) is 3.86.